The van der Waals surface area contributed by atoms with E-state index in [1.165, 1.54) is 5.57 Å². The molecule has 0 radical (unpaired) electrons. The lowest BCUT2D eigenvalue weighted by molar-refractivity contribution is -0.172. The van der Waals surface area contributed by atoms with Crippen molar-refractivity contribution in [3.8, 4) is 0 Å². The minimum atomic E-state index is -1.72. The maximum Gasteiger partial charge on any atom is 0.158 e. The van der Waals surface area contributed by atoms with Gasteiger partial charge in [-0.3, -0.25) is 0 Å². The van der Waals surface area contributed by atoms with Gasteiger partial charge < -0.3 is 15.2 Å². The summed E-state index contributed by atoms with van der Waals surface area (Å²) in [4.78, 5) is 7.85. The number of H-pyrrole nitrogens is 1. The van der Waals surface area contributed by atoms with E-state index in [0.717, 1.165) is 47.3 Å². The molecule has 2 saturated carbocycles. The Morgan fingerprint density at radius 1 is 1.16 bits per heavy atom. The molecule has 6 rings (SSSR count). The third-order valence-corrected chi connectivity index (χ3v) is 9.29. The van der Waals surface area contributed by atoms with Crippen molar-refractivity contribution in [3.63, 3.8) is 0 Å². The van der Waals surface area contributed by atoms with Crippen LogP contribution in [-0.2, 0) is 0 Å². The first-order chi connectivity index (χ1) is 15.2. The highest BCUT2D eigenvalue weighted by atomic mass is 19.1. The van der Waals surface area contributed by atoms with Crippen LogP contribution in [0.2, 0.25) is 0 Å². The lowest BCUT2D eigenvalue weighted by Gasteiger charge is -2.55. The summed E-state index contributed by atoms with van der Waals surface area (Å²) < 4.78 is 16.7. The molecule has 0 bridgehead atoms. The standard InChI is InChI=1S/C27H33FN2O2/c1-16-29-22-7-4-18(14-23(22)30-16)21-6-8-24-25(21,2)11-12-26(28)15-19-13-20(31)5-3-17(19)9-10-27(24,26)32/h4,6-7,14-15,17,20,24,31-32H,3,5,8-13H2,1-2H3,(H,29,30)/t17?,20?,24?,25?,26?,27-/m0/s1. The van der Waals surface area contributed by atoms with Gasteiger partial charge in [-0.15, -0.1) is 0 Å². The van der Waals surface area contributed by atoms with Crippen LogP contribution in [0, 0.1) is 24.2 Å². The van der Waals surface area contributed by atoms with Crippen molar-refractivity contribution in [3.05, 3.63) is 47.3 Å². The van der Waals surface area contributed by atoms with Crippen LogP contribution >= 0.6 is 0 Å². The summed E-state index contributed by atoms with van der Waals surface area (Å²) >= 11 is 0. The summed E-state index contributed by atoms with van der Waals surface area (Å²) in [7, 11) is 0. The number of alkyl halides is 1. The fraction of sp³-hybridized carbons (Fsp3) is 0.593. The number of nitrogens with one attached hydrogen (secondary N) is 1. The van der Waals surface area contributed by atoms with Crippen molar-refractivity contribution in [2.45, 2.75) is 82.6 Å². The monoisotopic (exact) mass is 436 g/mol. The second-order valence-corrected chi connectivity index (χ2v) is 11.1. The Morgan fingerprint density at radius 3 is 2.84 bits per heavy atom. The highest BCUT2D eigenvalue weighted by molar-refractivity contribution is 5.83. The number of rotatable bonds is 1. The minimum Gasteiger partial charge on any atom is -0.393 e. The van der Waals surface area contributed by atoms with Crippen LogP contribution in [0.1, 0.15) is 69.7 Å². The number of hydrogen-bond donors (Lipinski definition) is 3. The predicted molar refractivity (Wildman–Crippen MR) is 124 cm³/mol. The Bertz CT molecular complexity index is 1150. The average Bonchev–Trinajstić information content (AvgIpc) is 3.26. The molecule has 0 aliphatic heterocycles. The summed E-state index contributed by atoms with van der Waals surface area (Å²) in [6.45, 7) is 4.19. The highest BCUT2D eigenvalue weighted by Crippen LogP contribution is 2.65. The molecule has 0 amide bonds. The zero-order chi connectivity index (χ0) is 22.3. The summed E-state index contributed by atoms with van der Waals surface area (Å²) in [5.41, 5.74) is 2.04. The molecule has 0 spiro atoms. The zero-order valence-corrected chi connectivity index (χ0v) is 19.0. The number of aryl methyl sites for hydroxylation is 1. The molecule has 2 fully saturated rings. The van der Waals surface area contributed by atoms with Crippen molar-refractivity contribution in [1.82, 2.24) is 9.97 Å². The number of aliphatic hydroxyl groups excluding tert-OH is 1. The van der Waals surface area contributed by atoms with E-state index >= 15 is 4.39 Å². The Morgan fingerprint density at radius 2 is 2.00 bits per heavy atom. The van der Waals surface area contributed by atoms with Crippen LogP contribution in [-0.4, -0.2) is 37.6 Å². The van der Waals surface area contributed by atoms with E-state index in [0.29, 0.717) is 38.0 Å². The molecule has 1 aromatic heterocycles. The fourth-order valence-corrected chi connectivity index (χ4v) is 7.54. The molecule has 5 heteroatoms. The summed E-state index contributed by atoms with van der Waals surface area (Å²) in [6.07, 6.45) is 8.89. The minimum absolute atomic E-state index is 0.148. The van der Waals surface area contributed by atoms with Crippen LogP contribution in [0.3, 0.4) is 0 Å². The molecule has 3 N–H and O–H groups in total. The van der Waals surface area contributed by atoms with Gasteiger partial charge in [0.2, 0.25) is 0 Å². The first-order valence-electron chi connectivity index (χ1n) is 12.2. The summed E-state index contributed by atoms with van der Waals surface area (Å²) in [5, 5.41) is 22.3. The first kappa shape index (κ1) is 20.6. The van der Waals surface area contributed by atoms with Gasteiger partial charge in [-0.2, -0.15) is 0 Å². The van der Waals surface area contributed by atoms with Crippen molar-refractivity contribution >= 4 is 16.6 Å². The van der Waals surface area contributed by atoms with Gasteiger partial charge in [-0.25, -0.2) is 9.37 Å². The van der Waals surface area contributed by atoms with Gasteiger partial charge >= 0.3 is 0 Å². The Kier molecular flexibility index (Phi) is 4.36. The summed E-state index contributed by atoms with van der Waals surface area (Å²) in [6, 6.07) is 6.32. The number of halogens is 1. The fourth-order valence-electron chi connectivity index (χ4n) is 7.54. The number of fused-ring (bicyclic) bond motifs is 5. The van der Waals surface area contributed by atoms with Crippen molar-refractivity contribution < 1.29 is 14.6 Å². The van der Waals surface area contributed by atoms with Gasteiger partial charge in [-0.05, 0) is 99.0 Å². The topological polar surface area (TPSA) is 69.1 Å². The van der Waals surface area contributed by atoms with E-state index < -0.39 is 11.3 Å². The Hall–Kier alpha value is -1.98. The van der Waals surface area contributed by atoms with Gasteiger partial charge in [-0.1, -0.05) is 24.6 Å². The lowest BCUT2D eigenvalue weighted by atomic mass is 9.53. The van der Waals surface area contributed by atoms with Crippen LogP contribution in [0.25, 0.3) is 16.6 Å². The number of aliphatic hydroxyl groups is 2. The molecule has 4 nitrogen and oxygen atoms in total. The number of hydrogen-bond acceptors (Lipinski definition) is 3. The second kappa shape index (κ2) is 6.77. The second-order valence-electron chi connectivity index (χ2n) is 11.1. The first-order valence-corrected chi connectivity index (χ1v) is 12.2. The molecule has 170 valence electrons. The van der Waals surface area contributed by atoms with Crippen molar-refractivity contribution in [2.24, 2.45) is 17.3 Å². The number of nitrogens with zero attached hydrogens (tertiary/aromatic N) is 1. The molecule has 1 heterocycles. The highest BCUT2D eigenvalue weighted by Gasteiger charge is 2.65. The summed E-state index contributed by atoms with van der Waals surface area (Å²) in [5.74, 6) is 1.05. The van der Waals surface area contributed by atoms with Crippen LogP contribution < -0.4 is 0 Å². The zero-order valence-electron chi connectivity index (χ0n) is 19.0. The average molecular weight is 437 g/mol. The van der Waals surface area contributed by atoms with Gasteiger partial charge in [0.15, 0.2) is 5.67 Å². The SMILES string of the molecule is Cc1nc2ccc(C3=CCC4C3(C)CCC3(F)C=C5CC(O)CCC5CC[C@]43O)cc2[nH]1. The van der Waals surface area contributed by atoms with Crippen molar-refractivity contribution in [1.29, 1.82) is 0 Å². The van der Waals surface area contributed by atoms with Crippen LogP contribution in [0.4, 0.5) is 4.39 Å². The van der Waals surface area contributed by atoms with E-state index in [9.17, 15) is 10.2 Å². The van der Waals surface area contributed by atoms with Crippen LogP contribution in [0.15, 0.2) is 35.9 Å². The maximum absolute atomic E-state index is 16.7. The number of benzene rings is 1. The molecule has 6 atom stereocenters. The number of allylic oxidation sites excluding steroid dienone is 2. The van der Waals surface area contributed by atoms with Gasteiger partial charge in [0.1, 0.15) is 11.4 Å². The molecular formula is C27H33FN2O2. The third kappa shape index (κ3) is 2.76. The van der Waals surface area contributed by atoms with E-state index in [1.54, 1.807) is 6.08 Å². The van der Waals surface area contributed by atoms with E-state index in [2.05, 4.69) is 41.2 Å². The molecule has 4 aliphatic rings. The maximum atomic E-state index is 16.7. The number of aromatic amines is 1. The van der Waals surface area contributed by atoms with E-state index in [-0.39, 0.29) is 17.4 Å². The van der Waals surface area contributed by atoms with Crippen LogP contribution in [0.5, 0.6) is 0 Å². The molecule has 2 aromatic rings. The predicted octanol–water partition coefficient (Wildman–Crippen LogP) is 5.40. The Labute approximate surface area is 188 Å². The third-order valence-electron chi connectivity index (χ3n) is 9.29. The van der Waals surface area contributed by atoms with E-state index in [1.807, 2.05) is 6.92 Å². The normalized spacial score (nSPS) is 41.3. The van der Waals surface area contributed by atoms with Crippen molar-refractivity contribution in [2.75, 3.05) is 0 Å². The molecular weight excluding hydrogens is 403 g/mol. The quantitative estimate of drug-likeness (QED) is 0.525. The largest absolute Gasteiger partial charge is 0.393 e. The van der Waals surface area contributed by atoms with Gasteiger partial charge in [0, 0.05) is 5.92 Å². The smallest absolute Gasteiger partial charge is 0.158 e. The molecule has 5 unspecified atom stereocenters. The molecule has 4 aliphatic carbocycles. The molecule has 32 heavy (non-hydrogen) atoms. The lowest BCUT2D eigenvalue weighted by Crippen LogP contribution is -2.61. The van der Waals surface area contributed by atoms with Gasteiger partial charge in [0.05, 0.1) is 17.1 Å². The molecule has 0 saturated heterocycles. The van der Waals surface area contributed by atoms with E-state index in [4.69, 9.17) is 0 Å². The molecule has 1 aromatic carbocycles. The number of imidazole rings is 1. The Balaban J connectivity index is 1.38. The van der Waals surface area contributed by atoms with Gasteiger partial charge in [0.25, 0.3) is 0 Å². The number of aromatic nitrogens is 2.